The maximum absolute atomic E-state index is 12.1. The molecule has 0 aromatic carbocycles. The highest BCUT2D eigenvalue weighted by Crippen LogP contribution is 2.33. The van der Waals surface area contributed by atoms with Gasteiger partial charge in [-0.15, -0.1) is 0 Å². The van der Waals surface area contributed by atoms with Crippen LogP contribution in [0.3, 0.4) is 0 Å². The van der Waals surface area contributed by atoms with Crippen molar-refractivity contribution < 1.29 is 14.7 Å². The van der Waals surface area contributed by atoms with Gasteiger partial charge in [0.05, 0.1) is 11.8 Å². The average molecular weight is 267 g/mol. The highest BCUT2D eigenvalue weighted by molar-refractivity contribution is 5.85. The Hall–Kier alpha value is -1.06. The number of carbonyl (C=O) groups is 2. The van der Waals surface area contributed by atoms with E-state index in [0.717, 1.165) is 19.4 Å². The first kappa shape index (κ1) is 14.4. The molecule has 19 heavy (non-hydrogen) atoms. The molecule has 2 aliphatic rings. The summed E-state index contributed by atoms with van der Waals surface area (Å²) in [5.74, 6) is -0.387. The van der Waals surface area contributed by atoms with Crippen LogP contribution >= 0.6 is 0 Å². The molecule has 2 rings (SSSR count). The van der Waals surface area contributed by atoms with Crippen LogP contribution in [0.2, 0.25) is 0 Å². The Morgan fingerprint density at radius 2 is 1.74 bits per heavy atom. The number of hydrogen-bond donors (Lipinski definition) is 2. The van der Waals surface area contributed by atoms with Crippen molar-refractivity contribution in [1.82, 2.24) is 5.32 Å². The predicted molar refractivity (Wildman–Crippen MR) is 72.6 cm³/mol. The first-order chi connectivity index (χ1) is 9.09. The van der Waals surface area contributed by atoms with Crippen LogP contribution in [0.5, 0.6) is 0 Å². The topological polar surface area (TPSA) is 66.4 Å². The fourth-order valence-electron chi connectivity index (χ4n) is 3.63. The van der Waals surface area contributed by atoms with Crippen LogP contribution in [0.4, 0.5) is 0 Å². The highest BCUT2D eigenvalue weighted by Gasteiger charge is 2.37. The molecule has 0 heterocycles. The molecule has 2 fully saturated rings. The quantitative estimate of drug-likeness (QED) is 0.822. The number of hydrogen-bond acceptors (Lipinski definition) is 2. The normalized spacial score (nSPS) is 35.0. The molecule has 0 aromatic heterocycles. The number of carboxylic acids is 1. The molecular formula is C15H25NO3. The molecule has 0 saturated heterocycles. The maximum atomic E-state index is 12.1. The van der Waals surface area contributed by atoms with Gasteiger partial charge in [-0.25, -0.2) is 0 Å². The van der Waals surface area contributed by atoms with Crippen LogP contribution in [0.25, 0.3) is 0 Å². The largest absolute Gasteiger partial charge is 0.481 e. The van der Waals surface area contributed by atoms with Crippen LogP contribution in [-0.2, 0) is 9.59 Å². The number of carboxylic acid groups (broad SMARTS) is 1. The van der Waals surface area contributed by atoms with Crippen molar-refractivity contribution in [3.05, 3.63) is 0 Å². The standard InChI is InChI=1S/C15H25NO3/c1-10-5-2-3-6-11(10)9-16-14(17)12-7-4-8-13(12)15(18)19/h10-13H,2-9H2,1H3,(H,16,17)(H,18,19)/t10?,11?,12-,13+/m1/s1. The van der Waals surface area contributed by atoms with E-state index in [9.17, 15) is 9.59 Å². The summed E-state index contributed by atoms with van der Waals surface area (Å²) in [4.78, 5) is 23.2. The summed E-state index contributed by atoms with van der Waals surface area (Å²) in [6.45, 7) is 2.98. The van der Waals surface area contributed by atoms with Crippen LogP contribution in [0.15, 0.2) is 0 Å². The van der Waals surface area contributed by atoms with Crippen molar-refractivity contribution in [2.45, 2.75) is 51.9 Å². The summed E-state index contributed by atoms with van der Waals surface area (Å²) in [7, 11) is 0. The summed E-state index contributed by atoms with van der Waals surface area (Å²) in [6, 6.07) is 0. The molecule has 4 atom stereocenters. The molecule has 0 bridgehead atoms. The zero-order chi connectivity index (χ0) is 13.8. The van der Waals surface area contributed by atoms with Gasteiger partial charge in [0.1, 0.15) is 0 Å². The molecule has 0 spiro atoms. The number of amides is 1. The summed E-state index contributed by atoms with van der Waals surface area (Å²) in [5, 5.41) is 12.1. The highest BCUT2D eigenvalue weighted by atomic mass is 16.4. The smallest absolute Gasteiger partial charge is 0.307 e. The van der Waals surface area contributed by atoms with Gasteiger partial charge in [0.25, 0.3) is 0 Å². The van der Waals surface area contributed by atoms with E-state index in [1.807, 2.05) is 0 Å². The molecule has 0 aliphatic heterocycles. The number of carbonyl (C=O) groups excluding carboxylic acids is 1. The third kappa shape index (κ3) is 3.48. The molecule has 2 aliphatic carbocycles. The van der Waals surface area contributed by atoms with E-state index in [2.05, 4.69) is 12.2 Å². The lowest BCUT2D eigenvalue weighted by Crippen LogP contribution is -2.39. The fourth-order valence-corrected chi connectivity index (χ4v) is 3.63. The van der Waals surface area contributed by atoms with Crippen molar-refractivity contribution in [3.63, 3.8) is 0 Å². The van der Waals surface area contributed by atoms with E-state index in [4.69, 9.17) is 5.11 Å². The summed E-state index contributed by atoms with van der Waals surface area (Å²) in [6.07, 6.45) is 7.22. The minimum atomic E-state index is -0.816. The minimum Gasteiger partial charge on any atom is -0.481 e. The number of rotatable bonds is 4. The van der Waals surface area contributed by atoms with Gasteiger partial charge in [-0.3, -0.25) is 9.59 Å². The molecule has 4 heteroatoms. The predicted octanol–water partition coefficient (Wildman–Crippen LogP) is 2.43. The van der Waals surface area contributed by atoms with E-state index in [-0.39, 0.29) is 11.8 Å². The Balaban J connectivity index is 1.82. The Morgan fingerprint density at radius 1 is 1.05 bits per heavy atom. The van der Waals surface area contributed by atoms with Gasteiger partial charge >= 0.3 is 5.97 Å². The minimum absolute atomic E-state index is 0.0392. The Bertz CT molecular complexity index is 342. The third-order valence-electron chi connectivity index (χ3n) is 5.00. The van der Waals surface area contributed by atoms with Gasteiger partial charge in [0, 0.05) is 6.54 Å². The van der Waals surface area contributed by atoms with Gasteiger partial charge in [0.15, 0.2) is 0 Å². The van der Waals surface area contributed by atoms with Crippen LogP contribution in [-0.4, -0.2) is 23.5 Å². The second-order valence-electron chi connectivity index (χ2n) is 6.25. The second-order valence-corrected chi connectivity index (χ2v) is 6.25. The Kier molecular flexibility index (Phi) is 4.83. The Labute approximate surface area is 115 Å². The van der Waals surface area contributed by atoms with Crippen molar-refractivity contribution in [2.24, 2.45) is 23.7 Å². The van der Waals surface area contributed by atoms with E-state index >= 15 is 0 Å². The van der Waals surface area contributed by atoms with Gasteiger partial charge in [0.2, 0.25) is 5.91 Å². The maximum Gasteiger partial charge on any atom is 0.307 e. The van der Waals surface area contributed by atoms with Gasteiger partial charge in [-0.1, -0.05) is 32.6 Å². The van der Waals surface area contributed by atoms with Gasteiger partial charge in [-0.05, 0) is 31.1 Å². The average Bonchev–Trinajstić information content (AvgIpc) is 2.87. The molecule has 2 saturated carbocycles. The van der Waals surface area contributed by atoms with Crippen molar-refractivity contribution in [2.75, 3.05) is 6.54 Å². The second kappa shape index (κ2) is 6.40. The van der Waals surface area contributed by atoms with Gasteiger partial charge < -0.3 is 10.4 Å². The molecule has 0 radical (unpaired) electrons. The SMILES string of the molecule is CC1CCCCC1CNC(=O)[C@@H]1CCC[C@@H]1C(=O)O. The lowest BCUT2D eigenvalue weighted by atomic mass is 9.80. The van der Waals surface area contributed by atoms with E-state index in [1.54, 1.807) is 0 Å². The summed E-state index contributed by atoms with van der Waals surface area (Å²) < 4.78 is 0. The van der Waals surface area contributed by atoms with Crippen molar-refractivity contribution in [3.8, 4) is 0 Å². The van der Waals surface area contributed by atoms with Crippen LogP contribution in [0, 0.1) is 23.7 Å². The van der Waals surface area contributed by atoms with E-state index < -0.39 is 11.9 Å². The fraction of sp³-hybridized carbons (Fsp3) is 0.867. The number of aliphatic carboxylic acids is 1. The Morgan fingerprint density at radius 3 is 2.42 bits per heavy atom. The van der Waals surface area contributed by atoms with Crippen molar-refractivity contribution in [1.29, 1.82) is 0 Å². The zero-order valence-electron chi connectivity index (χ0n) is 11.7. The molecular weight excluding hydrogens is 242 g/mol. The van der Waals surface area contributed by atoms with E-state index in [0.29, 0.717) is 18.3 Å². The van der Waals surface area contributed by atoms with Crippen molar-refractivity contribution >= 4 is 11.9 Å². The lowest BCUT2D eigenvalue weighted by Gasteiger charge is -2.29. The van der Waals surface area contributed by atoms with Crippen LogP contribution in [0.1, 0.15) is 51.9 Å². The molecule has 4 nitrogen and oxygen atoms in total. The first-order valence-electron chi connectivity index (χ1n) is 7.60. The molecule has 1 amide bonds. The summed E-state index contributed by atoms with van der Waals surface area (Å²) in [5.41, 5.74) is 0. The zero-order valence-corrected chi connectivity index (χ0v) is 11.7. The summed E-state index contributed by atoms with van der Waals surface area (Å²) >= 11 is 0. The molecule has 2 N–H and O–H groups in total. The molecule has 2 unspecified atom stereocenters. The van der Waals surface area contributed by atoms with Crippen LogP contribution < -0.4 is 5.32 Å². The number of nitrogens with one attached hydrogen (secondary N) is 1. The molecule has 108 valence electrons. The molecule has 0 aromatic rings. The monoisotopic (exact) mass is 267 g/mol. The third-order valence-corrected chi connectivity index (χ3v) is 5.00. The lowest BCUT2D eigenvalue weighted by molar-refractivity contribution is -0.146. The van der Waals surface area contributed by atoms with E-state index in [1.165, 1.54) is 25.7 Å². The first-order valence-corrected chi connectivity index (χ1v) is 7.60. The van der Waals surface area contributed by atoms with Gasteiger partial charge in [-0.2, -0.15) is 0 Å².